The van der Waals surface area contributed by atoms with Crippen LogP contribution in [0.25, 0.3) is 10.9 Å². The Balaban J connectivity index is 1.25. The summed E-state index contributed by atoms with van der Waals surface area (Å²) in [5.41, 5.74) is 4.24. The summed E-state index contributed by atoms with van der Waals surface area (Å²) in [5, 5.41) is 9.85. The minimum absolute atomic E-state index is 0.433. The summed E-state index contributed by atoms with van der Waals surface area (Å²) >= 11 is 0. The normalized spacial score (nSPS) is 11.6. The molecule has 4 heteroatoms. The summed E-state index contributed by atoms with van der Waals surface area (Å²) in [6.07, 6.45) is 2.54. The van der Waals surface area contributed by atoms with E-state index in [0.717, 1.165) is 46.5 Å². The van der Waals surface area contributed by atoms with Gasteiger partial charge < -0.3 is 9.47 Å². The molecule has 3 aromatic carbocycles. The van der Waals surface area contributed by atoms with Crippen LogP contribution in [0.2, 0.25) is 0 Å². The van der Waals surface area contributed by atoms with Crippen molar-refractivity contribution >= 4 is 10.9 Å². The summed E-state index contributed by atoms with van der Waals surface area (Å²) in [5.74, 6) is 2.17. The second-order valence-electron chi connectivity index (χ2n) is 8.37. The second kappa shape index (κ2) is 11.2. The van der Waals surface area contributed by atoms with Crippen LogP contribution in [0.1, 0.15) is 36.6 Å². The number of nitrogens with zero attached hydrogens (tertiary/aromatic N) is 2. The van der Waals surface area contributed by atoms with Gasteiger partial charge in [0.25, 0.3) is 0 Å². The summed E-state index contributed by atoms with van der Waals surface area (Å²) < 4.78 is 11.8. The molecule has 1 heterocycles. The summed E-state index contributed by atoms with van der Waals surface area (Å²) in [7, 11) is 0. The van der Waals surface area contributed by atoms with Gasteiger partial charge in [-0.3, -0.25) is 0 Å². The molecule has 1 unspecified atom stereocenters. The molecule has 0 fully saturated rings. The van der Waals surface area contributed by atoms with Crippen LogP contribution in [0.3, 0.4) is 0 Å². The van der Waals surface area contributed by atoms with Crippen molar-refractivity contribution in [3.05, 3.63) is 102 Å². The smallest absolute Gasteiger partial charge is 0.130 e. The predicted molar refractivity (Wildman–Crippen MR) is 131 cm³/mol. The highest BCUT2D eigenvalue weighted by atomic mass is 16.5. The third-order valence-electron chi connectivity index (χ3n) is 5.63. The van der Waals surface area contributed by atoms with Crippen molar-refractivity contribution < 1.29 is 9.47 Å². The molecule has 0 aliphatic heterocycles. The van der Waals surface area contributed by atoms with Gasteiger partial charge in [-0.05, 0) is 66.3 Å². The zero-order chi connectivity index (χ0) is 22.9. The number of rotatable bonds is 10. The average molecular weight is 437 g/mol. The fourth-order valence-corrected chi connectivity index (χ4v) is 3.73. The molecule has 0 bridgehead atoms. The van der Waals surface area contributed by atoms with Crippen LogP contribution in [0.4, 0.5) is 0 Å². The maximum atomic E-state index is 8.72. The lowest BCUT2D eigenvalue weighted by atomic mass is 9.97. The van der Waals surface area contributed by atoms with Crippen molar-refractivity contribution in [2.24, 2.45) is 5.92 Å². The molecule has 33 heavy (non-hydrogen) atoms. The van der Waals surface area contributed by atoms with Crippen LogP contribution in [-0.4, -0.2) is 4.98 Å². The highest BCUT2D eigenvalue weighted by molar-refractivity contribution is 5.78. The third kappa shape index (κ3) is 6.57. The highest BCUT2D eigenvalue weighted by Crippen LogP contribution is 2.20. The first kappa shape index (κ1) is 22.4. The molecule has 0 spiro atoms. The molecule has 0 saturated heterocycles. The first-order chi connectivity index (χ1) is 16.2. The van der Waals surface area contributed by atoms with Crippen LogP contribution in [0, 0.1) is 17.2 Å². The lowest BCUT2D eigenvalue weighted by Gasteiger charge is -2.11. The van der Waals surface area contributed by atoms with Crippen LogP contribution in [-0.2, 0) is 19.6 Å². The molecule has 0 aliphatic rings. The van der Waals surface area contributed by atoms with Crippen molar-refractivity contribution in [3.8, 4) is 17.6 Å². The van der Waals surface area contributed by atoms with Gasteiger partial charge in [-0.2, -0.15) is 5.26 Å². The molecule has 4 rings (SSSR count). The maximum Gasteiger partial charge on any atom is 0.130 e. The highest BCUT2D eigenvalue weighted by Gasteiger charge is 2.05. The van der Waals surface area contributed by atoms with E-state index < -0.39 is 0 Å². The number of fused-ring (bicyclic) bond motifs is 1. The lowest BCUT2D eigenvalue weighted by Crippen LogP contribution is -2.00. The van der Waals surface area contributed by atoms with E-state index in [1.54, 1.807) is 0 Å². The average Bonchev–Trinajstić information content (AvgIpc) is 2.86. The molecule has 0 N–H and O–H groups in total. The standard InChI is InChI=1S/C29H28N2O2/c1-22(5-4-18-30)19-23-8-14-27(15-9-23)32-20-24-10-16-28(17-11-24)33-21-26-13-12-25-6-2-3-7-29(25)31-26/h2-3,6-17,22H,4-5,19-21H2,1H3. The number of para-hydroxylation sites is 1. The first-order valence-electron chi connectivity index (χ1n) is 11.3. The molecule has 166 valence electrons. The number of benzene rings is 3. The van der Waals surface area contributed by atoms with Gasteiger partial charge in [-0.25, -0.2) is 4.98 Å². The van der Waals surface area contributed by atoms with E-state index in [-0.39, 0.29) is 0 Å². The fourth-order valence-electron chi connectivity index (χ4n) is 3.73. The molecule has 0 aliphatic carbocycles. The maximum absolute atomic E-state index is 8.72. The molecule has 1 aromatic heterocycles. The largest absolute Gasteiger partial charge is 0.489 e. The van der Waals surface area contributed by atoms with Crippen molar-refractivity contribution in [2.75, 3.05) is 0 Å². The summed E-state index contributed by atoms with van der Waals surface area (Å²) in [6.45, 7) is 3.13. The van der Waals surface area contributed by atoms with Crippen molar-refractivity contribution in [1.82, 2.24) is 4.98 Å². The van der Waals surface area contributed by atoms with Crippen molar-refractivity contribution in [1.29, 1.82) is 5.26 Å². The molecular formula is C29H28N2O2. The molecular weight excluding hydrogens is 408 g/mol. The molecule has 0 saturated carbocycles. The molecule has 4 aromatic rings. The Morgan fingerprint density at radius 1 is 0.788 bits per heavy atom. The number of pyridine rings is 1. The van der Waals surface area contributed by atoms with Crippen LogP contribution in [0.15, 0.2) is 84.9 Å². The van der Waals surface area contributed by atoms with Gasteiger partial charge in [0.2, 0.25) is 0 Å². The van der Waals surface area contributed by atoms with E-state index in [1.165, 1.54) is 5.56 Å². The second-order valence-corrected chi connectivity index (χ2v) is 8.37. The van der Waals surface area contributed by atoms with E-state index in [2.05, 4.69) is 42.2 Å². The van der Waals surface area contributed by atoms with Gasteiger partial charge >= 0.3 is 0 Å². The monoisotopic (exact) mass is 436 g/mol. The van der Waals surface area contributed by atoms with Crippen LogP contribution >= 0.6 is 0 Å². The topological polar surface area (TPSA) is 55.1 Å². The van der Waals surface area contributed by atoms with Gasteiger partial charge in [-0.1, -0.05) is 55.5 Å². The first-order valence-corrected chi connectivity index (χ1v) is 11.3. The summed E-state index contributed by atoms with van der Waals surface area (Å²) in [6, 6.07) is 30.6. The Labute approximate surface area is 195 Å². The Bertz CT molecular complexity index is 1210. The zero-order valence-electron chi connectivity index (χ0n) is 18.9. The molecule has 1 atom stereocenters. The van der Waals surface area contributed by atoms with Crippen LogP contribution in [0.5, 0.6) is 11.5 Å². The van der Waals surface area contributed by atoms with Crippen LogP contribution < -0.4 is 9.47 Å². The van der Waals surface area contributed by atoms with Gasteiger partial charge in [0.1, 0.15) is 24.7 Å². The number of ether oxygens (including phenoxy) is 2. The zero-order valence-corrected chi connectivity index (χ0v) is 18.9. The Kier molecular flexibility index (Phi) is 7.56. The summed E-state index contributed by atoms with van der Waals surface area (Å²) in [4.78, 5) is 4.65. The van der Waals surface area contributed by atoms with E-state index in [1.807, 2.05) is 60.7 Å². The third-order valence-corrected chi connectivity index (χ3v) is 5.63. The van der Waals surface area contributed by atoms with E-state index in [4.69, 9.17) is 14.7 Å². The van der Waals surface area contributed by atoms with Crippen molar-refractivity contribution in [3.63, 3.8) is 0 Å². The molecule has 0 radical (unpaired) electrons. The lowest BCUT2D eigenvalue weighted by molar-refractivity contribution is 0.298. The van der Waals surface area contributed by atoms with Gasteiger partial charge in [0, 0.05) is 11.8 Å². The Morgan fingerprint density at radius 3 is 2.18 bits per heavy atom. The van der Waals surface area contributed by atoms with Gasteiger partial charge in [0.15, 0.2) is 0 Å². The molecule has 0 amide bonds. The van der Waals surface area contributed by atoms with Gasteiger partial charge in [0.05, 0.1) is 17.3 Å². The van der Waals surface area contributed by atoms with Crippen molar-refractivity contribution in [2.45, 2.75) is 39.4 Å². The number of nitriles is 1. The Hall–Kier alpha value is -3.84. The Morgan fingerprint density at radius 2 is 1.45 bits per heavy atom. The van der Waals surface area contributed by atoms with E-state index in [0.29, 0.717) is 25.6 Å². The minimum atomic E-state index is 0.433. The number of hydrogen-bond donors (Lipinski definition) is 0. The number of hydrogen-bond acceptors (Lipinski definition) is 4. The van der Waals surface area contributed by atoms with E-state index in [9.17, 15) is 0 Å². The SMILES string of the molecule is CC(CCC#N)Cc1ccc(OCc2ccc(OCc3ccc4ccccc4n3)cc2)cc1. The fraction of sp³-hybridized carbons (Fsp3) is 0.241. The minimum Gasteiger partial charge on any atom is -0.489 e. The van der Waals surface area contributed by atoms with Gasteiger partial charge in [-0.15, -0.1) is 0 Å². The predicted octanol–water partition coefficient (Wildman–Crippen LogP) is 6.88. The number of aromatic nitrogens is 1. The molecule has 4 nitrogen and oxygen atoms in total. The van der Waals surface area contributed by atoms with E-state index >= 15 is 0 Å². The quantitative estimate of drug-likeness (QED) is 0.272.